The highest BCUT2D eigenvalue weighted by atomic mass is 32.2. The normalized spacial score (nSPS) is 16.9. The number of rotatable bonds is 5. The van der Waals surface area contributed by atoms with Crippen LogP contribution in [0, 0.1) is 0 Å². The van der Waals surface area contributed by atoms with Gasteiger partial charge in [0.2, 0.25) is 10.0 Å². The number of nitrogens with zero attached hydrogens (tertiary/aromatic N) is 1. The van der Waals surface area contributed by atoms with Gasteiger partial charge in [-0.15, -0.1) is 0 Å². The van der Waals surface area contributed by atoms with Gasteiger partial charge in [-0.05, 0) is 55.3 Å². The van der Waals surface area contributed by atoms with Gasteiger partial charge in [0.05, 0.1) is 29.1 Å². The third-order valence-corrected chi connectivity index (χ3v) is 7.37. The summed E-state index contributed by atoms with van der Waals surface area (Å²) in [6.07, 6.45) is 1.42. The minimum atomic E-state index is -3.79. The highest BCUT2D eigenvalue weighted by Gasteiger charge is 2.26. The number of ether oxygens (including phenoxy) is 1. The van der Waals surface area contributed by atoms with Gasteiger partial charge in [-0.25, -0.2) is 16.8 Å². The summed E-state index contributed by atoms with van der Waals surface area (Å²) in [6.45, 7) is 0.400. The number of hydrogen-bond acceptors (Lipinski definition) is 5. The van der Waals surface area contributed by atoms with E-state index in [1.54, 1.807) is 30.3 Å². The molecule has 0 atom stereocenters. The van der Waals surface area contributed by atoms with Crippen LogP contribution in [0.1, 0.15) is 12.8 Å². The predicted molar refractivity (Wildman–Crippen MR) is 101 cm³/mol. The first-order valence-corrected chi connectivity index (χ1v) is 11.2. The molecule has 0 saturated carbocycles. The Balaban J connectivity index is 1.86. The largest absolute Gasteiger partial charge is 0.497 e. The number of hydrogen-bond donors (Lipinski definition) is 1. The second kappa shape index (κ2) is 7.16. The number of sulfonamides is 2. The number of benzene rings is 2. The summed E-state index contributed by atoms with van der Waals surface area (Å²) in [4.78, 5) is 0.0919. The van der Waals surface area contributed by atoms with Gasteiger partial charge in [-0.1, -0.05) is 6.07 Å². The van der Waals surface area contributed by atoms with Crippen molar-refractivity contribution in [2.24, 2.45) is 0 Å². The molecule has 26 heavy (non-hydrogen) atoms. The summed E-state index contributed by atoms with van der Waals surface area (Å²) < 4.78 is 58.4. The van der Waals surface area contributed by atoms with Crippen LogP contribution in [0.2, 0.25) is 0 Å². The summed E-state index contributed by atoms with van der Waals surface area (Å²) in [5, 5.41) is 0. The molecule has 2 aromatic carbocycles. The molecule has 1 aliphatic rings. The van der Waals surface area contributed by atoms with Gasteiger partial charge in [0.1, 0.15) is 5.75 Å². The first kappa shape index (κ1) is 18.5. The average molecular weight is 396 g/mol. The molecule has 1 N–H and O–H groups in total. The van der Waals surface area contributed by atoms with Crippen molar-refractivity contribution >= 4 is 31.4 Å². The molecule has 0 aliphatic carbocycles. The molecule has 3 rings (SSSR count). The smallest absolute Gasteiger partial charge is 0.261 e. The molecule has 0 amide bonds. The van der Waals surface area contributed by atoms with E-state index in [4.69, 9.17) is 4.74 Å². The maximum atomic E-state index is 12.5. The van der Waals surface area contributed by atoms with Gasteiger partial charge in [-0.2, -0.15) is 0 Å². The van der Waals surface area contributed by atoms with E-state index in [-0.39, 0.29) is 10.6 Å². The summed E-state index contributed by atoms with van der Waals surface area (Å²) in [6, 6.07) is 12.4. The molecule has 1 fully saturated rings. The standard InChI is InChI=1S/C17H20N2O5S2/c1-24-16-7-9-17(10-8-16)26(22,23)18-14-5-4-6-15(13-14)19-11-2-3-12-25(19,20)21/h4-10,13,18H,2-3,11-12H2,1H3. The molecular weight excluding hydrogens is 376 g/mol. The van der Waals surface area contributed by atoms with Gasteiger partial charge >= 0.3 is 0 Å². The lowest BCUT2D eigenvalue weighted by molar-refractivity contribution is 0.414. The number of methoxy groups -OCH3 is 1. The van der Waals surface area contributed by atoms with Gasteiger partial charge in [0, 0.05) is 6.54 Å². The van der Waals surface area contributed by atoms with Crippen molar-refractivity contribution in [3.8, 4) is 5.75 Å². The number of nitrogens with one attached hydrogen (secondary N) is 1. The average Bonchev–Trinajstić information content (AvgIpc) is 2.61. The zero-order chi connectivity index (χ0) is 18.8. The van der Waals surface area contributed by atoms with Crippen LogP contribution in [0.25, 0.3) is 0 Å². The molecule has 7 nitrogen and oxygen atoms in total. The van der Waals surface area contributed by atoms with E-state index in [9.17, 15) is 16.8 Å². The van der Waals surface area contributed by atoms with E-state index in [2.05, 4.69) is 4.72 Å². The van der Waals surface area contributed by atoms with Crippen LogP contribution in [0.5, 0.6) is 5.75 Å². The minimum absolute atomic E-state index is 0.0919. The SMILES string of the molecule is COc1ccc(S(=O)(=O)Nc2cccc(N3CCCCS3(=O)=O)c2)cc1. The van der Waals surface area contributed by atoms with Crippen LogP contribution >= 0.6 is 0 Å². The second-order valence-corrected chi connectivity index (χ2v) is 9.62. The lowest BCUT2D eigenvalue weighted by Gasteiger charge is -2.28. The van der Waals surface area contributed by atoms with E-state index in [1.807, 2.05) is 0 Å². The van der Waals surface area contributed by atoms with Crippen molar-refractivity contribution in [1.29, 1.82) is 0 Å². The van der Waals surface area contributed by atoms with E-state index in [0.717, 1.165) is 6.42 Å². The fourth-order valence-electron chi connectivity index (χ4n) is 2.77. The van der Waals surface area contributed by atoms with Gasteiger partial charge < -0.3 is 4.74 Å². The summed E-state index contributed by atoms with van der Waals surface area (Å²) in [7, 11) is -5.64. The second-order valence-electron chi connectivity index (χ2n) is 5.93. The van der Waals surface area contributed by atoms with E-state index < -0.39 is 20.0 Å². The summed E-state index contributed by atoms with van der Waals surface area (Å²) in [5.74, 6) is 0.663. The van der Waals surface area contributed by atoms with Crippen LogP contribution in [-0.4, -0.2) is 36.2 Å². The summed E-state index contributed by atoms with van der Waals surface area (Å²) in [5.41, 5.74) is 0.763. The lowest BCUT2D eigenvalue weighted by atomic mass is 10.2. The Kier molecular flexibility index (Phi) is 5.10. The van der Waals surface area contributed by atoms with Crippen molar-refractivity contribution in [1.82, 2.24) is 0 Å². The van der Waals surface area contributed by atoms with Crippen molar-refractivity contribution < 1.29 is 21.6 Å². The Hall–Kier alpha value is -2.26. The zero-order valence-electron chi connectivity index (χ0n) is 14.3. The minimum Gasteiger partial charge on any atom is -0.497 e. The molecular formula is C17H20N2O5S2. The molecule has 1 saturated heterocycles. The fraction of sp³-hybridized carbons (Fsp3) is 0.294. The third kappa shape index (κ3) is 3.94. The molecule has 140 valence electrons. The van der Waals surface area contributed by atoms with E-state index in [0.29, 0.717) is 30.1 Å². The van der Waals surface area contributed by atoms with Crippen LogP contribution in [0.4, 0.5) is 11.4 Å². The van der Waals surface area contributed by atoms with Crippen molar-refractivity contribution in [2.45, 2.75) is 17.7 Å². The van der Waals surface area contributed by atoms with Crippen LogP contribution in [0.3, 0.4) is 0 Å². The fourth-order valence-corrected chi connectivity index (χ4v) is 5.45. The lowest BCUT2D eigenvalue weighted by Crippen LogP contribution is -2.37. The monoisotopic (exact) mass is 396 g/mol. The van der Waals surface area contributed by atoms with Crippen molar-refractivity contribution in [2.75, 3.05) is 28.4 Å². The van der Waals surface area contributed by atoms with Crippen molar-refractivity contribution in [3.05, 3.63) is 48.5 Å². The Morgan fingerprint density at radius 3 is 2.46 bits per heavy atom. The molecule has 1 aliphatic heterocycles. The predicted octanol–water partition coefficient (Wildman–Crippen LogP) is 2.43. The Morgan fingerprint density at radius 1 is 1.08 bits per heavy atom. The van der Waals surface area contributed by atoms with E-state index >= 15 is 0 Å². The zero-order valence-corrected chi connectivity index (χ0v) is 15.9. The maximum absolute atomic E-state index is 12.5. The molecule has 0 radical (unpaired) electrons. The van der Waals surface area contributed by atoms with Gasteiger partial charge in [0.15, 0.2) is 0 Å². The topological polar surface area (TPSA) is 92.8 Å². The van der Waals surface area contributed by atoms with Crippen molar-refractivity contribution in [3.63, 3.8) is 0 Å². The first-order valence-electron chi connectivity index (χ1n) is 8.09. The van der Waals surface area contributed by atoms with Gasteiger partial charge in [-0.3, -0.25) is 9.03 Å². The van der Waals surface area contributed by atoms with Gasteiger partial charge in [0.25, 0.3) is 10.0 Å². The van der Waals surface area contributed by atoms with E-state index in [1.165, 1.54) is 29.6 Å². The van der Waals surface area contributed by atoms with Crippen LogP contribution in [0.15, 0.2) is 53.4 Å². The highest BCUT2D eigenvalue weighted by molar-refractivity contribution is 7.93. The summed E-state index contributed by atoms with van der Waals surface area (Å²) >= 11 is 0. The number of anilines is 2. The van der Waals surface area contributed by atoms with Crippen LogP contribution in [-0.2, 0) is 20.0 Å². The first-order chi connectivity index (χ1) is 12.3. The molecule has 1 heterocycles. The Bertz CT molecular complexity index is 986. The molecule has 9 heteroatoms. The molecule has 0 unspecified atom stereocenters. The molecule has 0 spiro atoms. The maximum Gasteiger partial charge on any atom is 0.261 e. The Morgan fingerprint density at radius 2 is 1.81 bits per heavy atom. The third-order valence-electron chi connectivity index (χ3n) is 4.11. The Labute approximate surface area is 153 Å². The molecule has 0 bridgehead atoms. The quantitative estimate of drug-likeness (QED) is 0.838. The van der Waals surface area contributed by atoms with Crippen LogP contribution < -0.4 is 13.8 Å². The highest BCUT2D eigenvalue weighted by Crippen LogP contribution is 2.27. The molecule has 2 aromatic rings. The molecule has 0 aromatic heterocycles.